The molecule has 7 heteroatoms. The van der Waals surface area contributed by atoms with Gasteiger partial charge in [0.05, 0.1) is 5.69 Å². The topological polar surface area (TPSA) is 99.8 Å². The molecular formula is C27H23N5O2. The Bertz CT molecular complexity index is 1450. The molecule has 2 N–H and O–H groups in total. The fourth-order valence-corrected chi connectivity index (χ4v) is 3.88. The van der Waals surface area contributed by atoms with Crippen LogP contribution in [0, 0.1) is 13.8 Å². The Balaban J connectivity index is 1.27. The lowest BCUT2D eigenvalue weighted by molar-refractivity contribution is 0.0995. The van der Waals surface area contributed by atoms with Crippen LogP contribution in [0.5, 0.6) is 0 Å². The van der Waals surface area contributed by atoms with E-state index in [-0.39, 0.29) is 5.69 Å². The third-order valence-corrected chi connectivity index (χ3v) is 5.67. The lowest BCUT2D eigenvalue weighted by atomic mass is 9.99. The van der Waals surface area contributed by atoms with Crippen molar-refractivity contribution >= 4 is 5.91 Å². The average molecular weight is 450 g/mol. The quantitative estimate of drug-likeness (QED) is 0.398. The van der Waals surface area contributed by atoms with E-state index in [2.05, 4.69) is 63.8 Å². The summed E-state index contributed by atoms with van der Waals surface area (Å²) in [5.74, 6) is 0.555. The number of primary amides is 1. The van der Waals surface area contributed by atoms with Crippen molar-refractivity contribution in [3.05, 3.63) is 107 Å². The second kappa shape index (κ2) is 8.78. The fraction of sp³-hybridized carbons (Fsp3) is 0.111. The standard InChI is InChI=1S/C27H23N5O2/c1-17-15-25(26(28)33)31-32(17)24-13-5-20(6-14-24)16-19-3-7-21(8-4-19)22-9-11-23(12-10-22)27-30-29-18(2)34-27/h3-15H,16H2,1-2H3,(H2,28,33). The van der Waals surface area contributed by atoms with Gasteiger partial charge in [-0.3, -0.25) is 4.79 Å². The molecule has 0 aliphatic heterocycles. The number of hydrogen-bond donors (Lipinski definition) is 1. The molecule has 0 radical (unpaired) electrons. The molecule has 3 aromatic carbocycles. The van der Waals surface area contributed by atoms with Gasteiger partial charge in [-0.05, 0) is 65.9 Å². The first-order chi connectivity index (χ1) is 16.5. The number of nitrogens with zero attached hydrogens (tertiary/aromatic N) is 4. The Morgan fingerprint density at radius 2 is 1.38 bits per heavy atom. The van der Waals surface area contributed by atoms with E-state index >= 15 is 0 Å². The molecule has 5 rings (SSSR count). The third-order valence-electron chi connectivity index (χ3n) is 5.67. The molecule has 0 unspecified atom stereocenters. The number of carbonyl (C=O) groups excluding carboxylic acids is 1. The molecule has 1 amide bonds. The summed E-state index contributed by atoms with van der Waals surface area (Å²) in [6.45, 7) is 3.68. The first-order valence-corrected chi connectivity index (χ1v) is 10.9. The number of aryl methyl sites for hydroxylation is 2. The maximum absolute atomic E-state index is 11.4. The molecule has 7 nitrogen and oxygen atoms in total. The van der Waals surface area contributed by atoms with Gasteiger partial charge in [-0.25, -0.2) is 4.68 Å². The van der Waals surface area contributed by atoms with Crippen LogP contribution in [0.15, 0.2) is 83.3 Å². The Morgan fingerprint density at radius 3 is 1.91 bits per heavy atom. The van der Waals surface area contributed by atoms with E-state index in [1.165, 1.54) is 11.1 Å². The van der Waals surface area contributed by atoms with Crippen molar-refractivity contribution in [3.63, 3.8) is 0 Å². The zero-order chi connectivity index (χ0) is 23.7. The zero-order valence-corrected chi connectivity index (χ0v) is 18.9. The Kier molecular flexibility index (Phi) is 5.51. The molecule has 0 bridgehead atoms. The molecule has 0 spiro atoms. The average Bonchev–Trinajstić information content (AvgIpc) is 3.46. The smallest absolute Gasteiger partial charge is 0.269 e. The highest BCUT2D eigenvalue weighted by Crippen LogP contribution is 2.25. The maximum Gasteiger partial charge on any atom is 0.269 e. The Labute approximate surface area is 196 Å². The van der Waals surface area contributed by atoms with E-state index in [0.717, 1.165) is 34.5 Å². The van der Waals surface area contributed by atoms with Gasteiger partial charge in [0.25, 0.3) is 5.91 Å². The van der Waals surface area contributed by atoms with Gasteiger partial charge in [0, 0.05) is 18.2 Å². The van der Waals surface area contributed by atoms with Crippen molar-refractivity contribution in [1.29, 1.82) is 0 Å². The van der Waals surface area contributed by atoms with Gasteiger partial charge < -0.3 is 10.2 Å². The minimum atomic E-state index is -0.528. The van der Waals surface area contributed by atoms with E-state index in [4.69, 9.17) is 10.2 Å². The Morgan fingerprint density at radius 1 is 0.824 bits per heavy atom. The van der Waals surface area contributed by atoms with Crippen molar-refractivity contribution in [2.45, 2.75) is 20.3 Å². The van der Waals surface area contributed by atoms with Crippen LogP contribution in [0.25, 0.3) is 28.3 Å². The van der Waals surface area contributed by atoms with Crippen LogP contribution in [0.1, 0.15) is 33.2 Å². The van der Waals surface area contributed by atoms with Gasteiger partial charge in [-0.2, -0.15) is 5.10 Å². The van der Waals surface area contributed by atoms with E-state index in [0.29, 0.717) is 11.8 Å². The summed E-state index contributed by atoms with van der Waals surface area (Å²) in [6, 6.07) is 26.5. The number of hydrogen-bond acceptors (Lipinski definition) is 5. The molecule has 0 aliphatic carbocycles. The van der Waals surface area contributed by atoms with Crippen LogP contribution in [-0.2, 0) is 6.42 Å². The van der Waals surface area contributed by atoms with Crippen LogP contribution >= 0.6 is 0 Å². The van der Waals surface area contributed by atoms with Gasteiger partial charge in [-0.1, -0.05) is 48.5 Å². The summed E-state index contributed by atoms with van der Waals surface area (Å²) in [6.07, 6.45) is 0.820. The number of benzene rings is 3. The highest BCUT2D eigenvalue weighted by molar-refractivity contribution is 5.90. The number of amides is 1. The third kappa shape index (κ3) is 4.36. The lowest BCUT2D eigenvalue weighted by Gasteiger charge is -2.08. The lowest BCUT2D eigenvalue weighted by Crippen LogP contribution is -2.12. The first kappa shape index (κ1) is 21.3. The van der Waals surface area contributed by atoms with Gasteiger partial charge >= 0.3 is 0 Å². The Hall–Kier alpha value is -4.52. The predicted molar refractivity (Wildman–Crippen MR) is 130 cm³/mol. The summed E-state index contributed by atoms with van der Waals surface area (Å²) in [7, 11) is 0. The highest BCUT2D eigenvalue weighted by Gasteiger charge is 2.10. The van der Waals surface area contributed by atoms with Crippen LogP contribution in [0.4, 0.5) is 0 Å². The van der Waals surface area contributed by atoms with E-state index in [1.54, 1.807) is 17.7 Å². The van der Waals surface area contributed by atoms with Crippen LogP contribution in [0.3, 0.4) is 0 Å². The monoisotopic (exact) mass is 449 g/mol. The summed E-state index contributed by atoms with van der Waals surface area (Å²) >= 11 is 0. The van der Waals surface area contributed by atoms with Crippen LogP contribution < -0.4 is 5.73 Å². The van der Waals surface area contributed by atoms with Crippen molar-refractivity contribution in [3.8, 4) is 28.3 Å². The molecule has 2 aromatic heterocycles. The highest BCUT2D eigenvalue weighted by atomic mass is 16.4. The molecule has 0 saturated carbocycles. The second-order valence-corrected chi connectivity index (χ2v) is 8.19. The first-order valence-electron chi connectivity index (χ1n) is 10.9. The van der Waals surface area contributed by atoms with E-state index in [1.807, 2.05) is 31.2 Å². The molecule has 0 saturated heterocycles. The fourth-order valence-electron chi connectivity index (χ4n) is 3.88. The van der Waals surface area contributed by atoms with Gasteiger partial charge in [0.2, 0.25) is 11.8 Å². The van der Waals surface area contributed by atoms with Crippen LogP contribution in [-0.4, -0.2) is 25.9 Å². The van der Waals surface area contributed by atoms with E-state index < -0.39 is 5.91 Å². The number of nitrogens with two attached hydrogens (primary N) is 1. The van der Waals surface area contributed by atoms with Gasteiger partial charge in [0.1, 0.15) is 0 Å². The zero-order valence-electron chi connectivity index (χ0n) is 18.9. The van der Waals surface area contributed by atoms with Crippen molar-refractivity contribution in [2.24, 2.45) is 5.73 Å². The predicted octanol–water partition coefficient (Wildman–Crippen LogP) is 4.90. The molecular weight excluding hydrogens is 426 g/mol. The summed E-state index contributed by atoms with van der Waals surface area (Å²) in [4.78, 5) is 11.4. The van der Waals surface area contributed by atoms with Gasteiger partial charge in [-0.15, -0.1) is 10.2 Å². The van der Waals surface area contributed by atoms with Gasteiger partial charge in [0.15, 0.2) is 5.69 Å². The summed E-state index contributed by atoms with van der Waals surface area (Å²) < 4.78 is 7.22. The molecule has 168 valence electrons. The number of aromatic nitrogens is 4. The normalized spacial score (nSPS) is 11.0. The SMILES string of the molecule is Cc1nnc(-c2ccc(-c3ccc(Cc4ccc(-n5nc(C(N)=O)cc5C)cc4)cc3)cc2)o1. The second-order valence-electron chi connectivity index (χ2n) is 8.19. The maximum atomic E-state index is 11.4. The van der Waals surface area contributed by atoms with Crippen molar-refractivity contribution in [1.82, 2.24) is 20.0 Å². The van der Waals surface area contributed by atoms with Crippen molar-refractivity contribution < 1.29 is 9.21 Å². The summed E-state index contributed by atoms with van der Waals surface area (Å²) in [5, 5.41) is 12.2. The molecule has 0 aliphatic rings. The minimum absolute atomic E-state index is 0.265. The van der Waals surface area contributed by atoms with Crippen LogP contribution in [0.2, 0.25) is 0 Å². The largest absolute Gasteiger partial charge is 0.421 e. The molecule has 2 heterocycles. The summed E-state index contributed by atoms with van der Waals surface area (Å²) in [5.41, 5.74) is 12.9. The number of rotatable bonds is 6. The van der Waals surface area contributed by atoms with Crippen molar-refractivity contribution in [2.75, 3.05) is 0 Å². The minimum Gasteiger partial charge on any atom is -0.421 e. The van der Waals surface area contributed by atoms with E-state index in [9.17, 15) is 4.79 Å². The molecule has 0 atom stereocenters. The number of carbonyl (C=O) groups is 1. The molecule has 5 aromatic rings. The molecule has 0 fully saturated rings. The molecule has 34 heavy (non-hydrogen) atoms.